The van der Waals surface area contributed by atoms with Gasteiger partial charge in [0.1, 0.15) is 0 Å². The van der Waals surface area contributed by atoms with Crippen LogP contribution in [-0.2, 0) is 0 Å². The third-order valence-electron chi connectivity index (χ3n) is 4.25. The summed E-state index contributed by atoms with van der Waals surface area (Å²) in [5, 5.41) is 0. The second kappa shape index (κ2) is 3.97. The van der Waals surface area contributed by atoms with Crippen LogP contribution in [0.4, 0.5) is 0 Å². The van der Waals surface area contributed by atoms with Gasteiger partial charge in [-0.15, -0.1) is 0 Å². The van der Waals surface area contributed by atoms with Gasteiger partial charge in [-0.25, -0.2) is 0 Å². The fourth-order valence-electron chi connectivity index (χ4n) is 3.19. The fourth-order valence-corrected chi connectivity index (χ4v) is 3.81. The molecule has 1 aromatic carbocycles. The molecule has 90 valence electrons. The van der Waals surface area contributed by atoms with E-state index in [0.29, 0.717) is 6.04 Å². The predicted octanol–water partition coefficient (Wildman–Crippen LogP) is 3.45. The van der Waals surface area contributed by atoms with Gasteiger partial charge in [-0.1, -0.05) is 25.0 Å². The summed E-state index contributed by atoms with van der Waals surface area (Å²) in [4.78, 5) is 14.6. The van der Waals surface area contributed by atoms with Crippen molar-refractivity contribution in [1.82, 2.24) is 4.90 Å². The van der Waals surface area contributed by atoms with Gasteiger partial charge in [0.25, 0.3) is 5.91 Å². The van der Waals surface area contributed by atoms with E-state index in [1.54, 1.807) is 0 Å². The highest BCUT2D eigenvalue weighted by molar-refractivity contribution is 14.1. The number of benzene rings is 1. The highest BCUT2D eigenvalue weighted by atomic mass is 127. The van der Waals surface area contributed by atoms with Gasteiger partial charge in [0.2, 0.25) is 0 Å². The first-order valence-electron chi connectivity index (χ1n) is 6.23. The van der Waals surface area contributed by atoms with E-state index in [-0.39, 0.29) is 11.4 Å². The zero-order valence-electron chi connectivity index (χ0n) is 9.95. The minimum atomic E-state index is 0.161. The Morgan fingerprint density at radius 1 is 1.41 bits per heavy atom. The van der Waals surface area contributed by atoms with Crippen molar-refractivity contribution in [2.24, 2.45) is 0 Å². The zero-order valence-corrected chi connectivity index (χ0v) is 12.1. The van der Waals surface area contributed by atoms with Crippen LogP contribution in [0, 0.1) is 3.57 Å². The number of carbonyl (C=O) groups excluding carboxylic acids is 1. The minimum Gasteiger partial charge on any atom is -0.326 e. The van der Waals surface area contributed by atoms with Crippen molar-refractivity contribution in [3.05, 3.63) is 33.4 Å². The summed E-state index contributed by atoms with van der Waals surface area (Å²) in [5.74, 6) is 0.226. The van der Waals surface area contributed by atoms with Crippen molar-refractivity contribution < 1.29 is 4.79 Å². The number of nitrogens with zero attached hydrogens (tertiary/aromatic N) is 1. The van der Waals surface area contributed by atoms with E-state index >= 15 is 0 Å². The Kier molecular flexibility index (Phi) is 2.69. The molecule has 2 atom stereocenters. The minimum absolute atomic E-state index is 0.161. The Hall–Kier alpha value is -0.580. The van der Waals surface area contributed by atoms with Crippen molar-refractivity contribution >= 4 is 28.5 Å². The van der Waals surface area contributed by atoms with Crippen molar-refractivity contribution in [1.29, 1.82) is 0 Å². The van der Waals surface area contributed by atoms with Crippen molar-refractivity contribution in [2.45, 2.75) is 44.2 Å². The van der Waals surface area contributed by atoms with Crippen LogP contribution in [0.1, 0.15) is 43.0 Å². The van der Waals surface area contributed by atoms with Crippen LogP contribution < -0.4 is 0 Å². The number of hydrogen-bond acceptors (Lipinski definition) is 1. The van der Waals surface area contributed by atoms with E-state index in [1.807, 2.05) is 24.3 Å². The van der Waals surface area contributed by atoms with Crippen LogP contribution in [0.15, 0.2) is 24.3 Å². The van der Waals surface area contributed by atoms with Crippen LogP contribution in [0.3, 0.4) is 0 Å². The lowest BCUT2D eigenvalue weighted by molar-refractivity contribution is 0.0849. The second-order valence-electron chi connectivity index (χ2n) is 5.27. The molecule has 3 heteroatoms. The summed E-state index contributed by atoms with van der Waals surface area (Å²) in [7, 11) is 0. The molecule has 1 aliphatic heterocycles. The van der Waals surface area contributed by atoms with Gasteiger partial charge in [0, 0.05) is 3.57 Å². The van der Waals surface area contributed by atoms with Gasteiger partial charge in [-0.2, -0.15) is 0 Å². The van der Waals surface area contributed by atoms with Gasteiger partial charge in [0.05, 0.1) is 17.1 Å². The molecule has 1 amide bonds. The maximum Gasteiger partial charge on any atom is 0.255 e. The number of carbonyl (C=O) groups is 1. The van der Waals surface area contributed by atoms with Crippen LogP contribution in [0.2, 0.25) is 0 Å². The van der Waals surface area contributed by atoms with Gasteiger partial charge >= 0.3 is 0 Å². The molecule has 2 nitrogen and oxygen atoms in total. The molecule has 2 unspecified atom stereocenters. The molecule has 2 aliphatic rings. The van der Waals surface area contributed by atoms with E-state index in [2.05, 4.69) is 34.4 Å². The molecule has 3 rings (SSSR count). The van der Waals surface area contributed by atoms with Crippen LogP contribution in [-0.4, -0.2) is 22.4 Å². The Labute approximate surface area is 116 Å². The number of rotatable bonds is 1. The zero-order chi connectivity index (χ0) is 12.0. The number of halogens is 1. The van der Waals surface area contributed by atoms with Gasteiger partial charge in [-0.05, 0) is 54.5 Å². The molecular formula is C14H16INO. The second-order valence-corrected chi connectivity index (χ2v) is 6.44. The average Bonchev–Trinajstić information content (AvgIpc) is 2.94. The molecule has 1 aliphatic carbocycles. The molecule has 1 heterocycles. The molecule has 0 bridgehead atoms. The number of fused-ring (bicyclic) bond motifs is 1. The summed E-state index contributed by atoms with van der Waals surface area (Å²) in [5.41, 5.74) is 1.03. The summed E-state index contributed by atoms with van der Waals surface area (Å²) < 4.78 is 1.06. The van der Waals surface area contributed by atoms with Crippen LogP contribution >= 0.6 is 22.6 Å². The molecule has 0 N–H and O–H groups in total. The lowest BCUT2D eigenvalue weighted by atomic mass is 9.91. The van der Waals surface area contributed by atoms with Gasteiger partial charge in [0.15, 0.2) is 0 Å². The summed E-state index contributed by atoms with van der Waals surface area (Å²) in [6, 6.07) is 8.38. The first kappa shape index (κ1) is 11.5. The molecule has 0 aromatic heterocycles. The first-order valence-corrected chi connectivity index (χ1v) is 7.31. The maximum absolute atomic E-state index is 12.5. The third kappa shape index (κ3) is 1.70. The van der Waals surface area contributed by atoms with Crippen molar-refractivity contribution in [3.8, 4) is 0 Å². The molecule has 2 fully saturated rings. The van der Waals surface area contributed by atoms with E-state index in [1.165, 1.54) is 25.7 Å². The van der Waals surface area contributed by atoms with E-state index in [4.69, 9.17) is 0 Å². The molecule has 1 saturated carbocycles. The normalized spacial score (nSPS) is 30.9. The summed E-state index contributed by atoms with van der Waals surface area (Å²) in [6.45, 7) is 2.24. The molecule has 0 spiro atoms. The predicted molar refractivity (Wildman–Crippen MR) is 76.0 cm³/mol. The fraction of sp³-hybridized carbons (Fsp3) is 0.500. The topological polar surface area (TPSA) is 20.1 Å². The Morgan fingerprint density at radius 2 is 2.18 bits per heavy atom. The lowest BCUT2D eigenvalue weighted by Gasteiger charge is -2.14. The molecule has 0 radical (unpaired) electrons. The molecule has 1 aromatic rings. The standard InChI is InChI=1S/C14H16INO/c1-14-9-5-4-8-12(14)16(14)13(17)10-6-2-3-7-11(10)15/h2-3,6-7,12H,4-5,8-9H2,1H3. The molecule has 17 heavy (non-hydrogen) atoms. The van der Waals surface area contributed by atoms with Crippen molar-refractivity contribution in [2.75, 3.05) is 0 Å². The van der Waals surface area contributed by atoms with Crippen LogP contribution in [0.25, 0.3) is 0 Å². The molecule has 1 saturated heterocycles. The lowest BCUT2D eigenvalue weighted by Crippen LogP contribution is -2.21. The SMILES string of the molecule is CC12CCCCC1N2C(=O)c1ccccc1I. The van der Waals surface area contributed by atoms with Crippen molar-refractivity contribution in [3.63, 3.8) is 0 Å². The summed E-state index contributed by atoms with van der Waals surface area (Å²) >= 11 is 2.25. The maximum atomic E-state index is 12.5. The largest absolute Gasteiger partial charge is 0.326 e. The Balaban J connectivity index is 1.88. The summed E-state index contributed by atoms with van der Waals surface area (Å²) in [6.07, 6.45) is 4.90. The number of amides is 1. The monoisotopic (exact) mass is 341 g/mol. The average molecular weight is 341 g/mol. The van der Waals surface area contributed by atoms with Crippen LogP contribution in [0.5, 0.6) is 0 Å². The Bertz CT molecular complexity index is 473. The van der Waals surface area contributed by atoms with E-state index in [9.17, 15) is 4.79 Å². The van der Waals surface area contributed by atoms with Gasteiger partial charge < -0.3 is 4.90 Å². The first-order chi connectivity index (χ1) is 8.14. The third-order valence-corrected chi connectivity index (χ3v) is 5.19. The number of hydrogen-bond donors (Lipinski definition) is 0. The smallest absolute Gasteiger partial charge is 0.255 e. The highest BCUT2D eigenvalue weighted by Crippen LogP contribution is 2.51. The Morgan fingerprint density at radius 3 is 2.82 bits per heavy atom. The van der Waals surface area contributed by atoms with E-state index < -0.39 is 0 Å². The quantitative estimate of drug-likeness (QED) is 0.566. The van der Waals surface area contributed by atoms with Gasteiger partial charge in [-0.3, -0.25) is 4.79 Å². The highest BCUT2D eigenvalue weighted by Gasteiger charge is 2.61. The molecular weight excluding hydrogens is 325 g/mol. The number of likely N-dealkylation sites (tertiary alicyclic amines) is 1. The van der Waals surface area contributed by atoms with E-state index in [0.717, 1.165) is 9.13 Å².